The summed E-state index contributed by atoms with van der Waals surface area (Å²) in [7, 11) is 0. The Morgan fingerprint density at radius 1 is 1.13 bits per heavy atom. The van der Waals surface area contributed by atoms with Crippen molar-refractivity contribution in [3.63, 3.8) is 0 Å². The van der Waals surface area contributed by atoms with Crippen molar-refractivity contribution < 1.29 is 9.59 Å². The van der Waals surface area contributed by atoms with Crippen molar-refractivity contribution in [2.75, 3.05) is 0 Å². The molecule has 0 heterocycles. The molecular weight excluding hydrogens is 382 g/mol. The van der Waals surface area contributed by atoms with Crippen LogP contribution in [0.3, 0.4) is 0 Å². The van der Waals surface area contributed by atoms with Gasteiger partial charge in [0.15, 0.2) is 0 Å². The van der Waals surface area contributed by atoms with E-state index in [0.29, 0.717) is 5.02 Å². The van der Waals surface area contributed by atoms with Gasteiger partial charge in [-0.15, -0.1) is 0 Å². The van der Waals surface area contributed by atoms with Gasteiger partial charge in [-0.2, -0.15) is 5.10 Å². The van der Waals surface area contributed by atoms with E-state index in [4.69, 9.17) is 11.6 Å². The van der Waals surface area contributed by atoms with Gasteiger partial charge in [0.25, 0.3) is 0 Å². The lowest BCUT2D eigenvalue weighted by atomic mass is 10.2. The van der Waals surface area contributed by atoms with Gasteiger partial charge in [-0.3, -0.25) is 9.59 Å². The molecule has 0 aliphatic rings. The fourth-order valence-corrected chi connectivity index (χ4v) is 2.21. The Balaban J connectivity index is 1.80. The highest BCUT2D eigenvalue weighted by molar-refractivity contribution is 9.10. The minimum atomic E-state index is -0.829. The molecule has 2 aromatic carbocycles. The van der Waals surface area contributed by atoms with Crippen molar-refractivity contribution in [2.45, 2.75) is 6.54 Å². The van der Waals surface area contributed by atoms with Gasteiger partial charge in [0.05, 0.1) is 6.21 Å². The lowest BCUT2D eigenvalue weighted by molar-refractivity contribution is -0.139. The van der Waals surface area contributed by atoms with Crippen LogP contribution >= 0.6 is 27.5 Å². The quantitative estimate of drug-likeness (QED) is 0.475. The first kappa shape index (κ1) is 17.2. The van der Waals surface area contributed by atoms with Gasteiger partial charge in [0.2, 0.25) is 0 Å². The number of nitrogens with one attached hydrogen (secondary N) is 2. The van der Waals surface area contributed by atoms with Crippen LogP contribution in [0.1, 0.15) is 11.1 Å². The zero-order valence-corrected chi connectivity index (χ0v) is 14.3. The van der Waals surface area contributed by atoms with Gasteiger partial charge in [-0.05, 0) is 35.4 Å². The third kappa shape index (κ3) is 5.84. The number of rotatable bonds is 4. The summed E-state index contributed by atoms with van der Waals surface area (Å²) < 4.78 is 0.897. The summed E-state index contributed by atoms with van der Waals surface area (Å²) in [5.74, 6) is -1.59. The number of halogens is 2. The Kier molecular flexibility index (Phi) is 6.31. The summed E-state index contributed by atoms with van der Waals surface area (Å²) >= 11 is 9.10. The van der Waals surface area contributed by atoms with E-state index >= 15 is 0 Å². The second-order valence-electron chi connectivity index (χ2n) is 4.56. The van der Waals surface area contributed by atoms with Crippen LogP contribution in [-0.4, -0.2) is 18.0 Å². The normalized spacial score (nSPS) is 10.5. The molecule has 23 heavy (non-hydrogen) atoms. The predicted molar refractivity (Wildman–Crippen MR) is 93.2 cm³/mol. The first-order valence-corrected chi connectivity index (χ1v) is 7.83. The molecule has 0 unspecified atom stereocenters. The van der Waals surface area contributed by atoms with Crippen LogP contribution in [0, 0.1) is 0 Å². The molecule has 0 fully saturated rings. The van der Waals surface area contributed by atoms with Crippen LogP contribution in [0.25, 0.3) is 0 Å². The van der Waals surface area contributed by atoms with Crippen LogP contribution in [0.2, 0.25) is 5.02 Å². The molecule has 118 valence electrons. The van der Waals surface area contributed by atoms with Crippen LogP contribution in [0.4, 0.5) is 0 Å². The second kappa shape index (κ2) is 8.45. The molecule has 0 atom stereocenters. The third-order valence-electron chi connectivity index (χ3n) is 2.80. The Labute approximate surface area is 146 Å². The molecule has 2 aromatic rings. The van der Waals surface area contributed by atoms with E-state index in [9.17, 15) is 9.59 Å². The fraction of sp³-hybridized carbons (Fsp3) is 0.0625. The molecule has 0 aliphatic heterocycles. The number of hydrogen-bond acceptors (Lipinski definition) is 3. The lowest BCUT2D eigenvalue weighted by Crippen LogP contribution is -2.37. The minimum absolute atomic E-state index is 0.235. The smallest absolute Gasteiger partial charge is 0.329 e. The first-order valence-electron chi connectivity index (χ1n) is 6.66. The fourth-order valence-electron chi connectivity index (χ4n) is 1.67. The highest BCUT2D eigenvalue weighted by atomic mass is 79.9. The summed E-state index contributed by atoms with van der Waals surface area (Å²) in [6.07, 6.45) is 1.45. The Bertz CT molecular complexity index is 732. The summed E-state index contributed by atoms with van der Waals surface area (Å²) in [6.45, 7) is 0.235. The maximum absolute atomic E-state index is 11.6. The van der Waals surface area contributed by atoms with Crippen molar-refractivity contribution in [2.24, 2.45) is 5.10 Å². The van der Waals surface area contributed by atoms with Gasteiger partial charge in [0, 0.05) is 16.0 Å². The van der Waals surface area contributed by atoms with E-state index in [2.05, 4.69) is 31.8 Å². The lowest BCUT2D eigenvalue weighted by Gasteiger charge is -2.04. The van der Waals surface area contributed by atoms with E-state index in [1.54, 1.807) is 24.3 Å². The van der Waals surface area contributed by atoms with Crippen molar-refractivity contribution in [3.05, 3.63) is 69.2 Å². The molecule has 0 radical (unpaired) electrons. The molecule has 0 bridgehead atoms. The minimum Gasteiger partial charge on any atom is -0.344 e. The number of nitrogens with zero attached hydrogens (tertiary/aromatic N) is 1. The highest BCUT2D eigenvalue weighted by Gasteiger charge is 2.11. The summed E-state index contributed by atoms with van der Waals surface area (Å²) in [5, 5.41) is 6.86. The van der Waals surface area contributed by atoms with Gasteiger partial charge in [-0.25, -0.2) is 5.43 Å². The average Bonchev–Trinajstić information content (AvgIpc) is 2.54. The van der Waals surface area contributed by atoms with Gasteiger partial charge in [0.1, 0.15) is 0 Å². The van der Waals surface area contributed by atoms with Gasteiger partial charge < -0.3 is 5.32 Å². The highest BCUT2D eigenvalue weighted by Crippen LogP contribution is 2.10. The van der Waals surface area contributed by atoms with E-state index in [1.807, 2.05) is 24.3 Å². The molecular formula is C16H13BrClN3O2. The monoisotopic (exact) mass is 393 g/mol. The van der Waals surface area contributed by atoms with Crippen LogP contribution < -0.4 is 10.7 Å². The first-order chi connectivity index (χ1) is 11.0. The third-order valence-corrected chi connectivity index (χ3v) is 3.55. The Hall–Kier alpha value is -2.18. The number of hydrogen-bond donors (Lipinski definition) is 2. The molecule has 0 spiro atoms. The number of carbonyl (C=O) groups is 2. The number of benzene rings is 2. The summed E-state index contributed by atoms with van der Waals surface area (Å²) in [5.41, 5.74) is 3.81. The average molecular weight is 395 g/mol. The standard InChI is InChI=1S/C16H13BrClN3O2/c17-13-3-1-2-12(8-13)10-20-21-16(23)15(22)19-9-11-4-6-14(18)7-5-11/h1-8,10H,9H2,(H,19,22)(H,21,23)/b20-10+. The van der Waals surface area contributed by atoms with Crippen molar-refractivity contribution in [1.29, 1.82) is 0 Å². The molecule has 0 aliphatic carbocycles. The molecule has 0 saturated heterocycles. The molecule has 5 nitrogen and oxygen atoms in total. The topological polar surface area (TPSA) is 70.6 Å². The van der Waals surface area contributed by atoms with Crippen molar-refractivity contribution in [1.82, 2.24) is 10.7 Å². The SMILES string of the molecule is O=C(NCc1ccc(Cl)cc1)C(=O)N/N=C/c1cccc(Br)c1. The zero-order valence-electron chi connectivity index (χ0n) is 11.9. The summed E-state index contributed by atoms with van der Waals surface area (Å²) in [4.78, 5) is 23.3. The van der Waals surface area contributed by atoms with Crippen molar-refractivity contribution in [3.8, 4) is 0 Å². The number of hydrazone groups is 1. The molecule has 2 amide bonds. The second-order valence-corrected chi connectivity index (χ2v) is 5.92. The zero-order chi connectivity index (χ0) is 16.7. The van der Waals surface area contributed by atoms with Crippen LogP contribution in [0.5, 0.6) is 0 Å². The van der Waals surface area contributed by atoms with E-state index in [1.165, 1.54) is 6.21 Å². The Morgan fingerprint density at radius 3 is 2.57 bits per heavy atom. The maximum atomic E-state index is 11.6. The number of carbonyl (C=O) groups excluding carboxylic acids is 2. The van der Waals surface area contributed by atoms with Crippen LogP contribution in [0.15, 0.2) is 58.1 Å². The summed E-state index contributed by atoms with van der Waals surface area (Å²) in [6, 6.07) is 14.3. The number of amides is 2. The predicted octanol–water partition coefficient (Wildman–Crippen LogP) is 2.87. The van der Waals surface area contributed by atoms with Crippen LogP contribution in [-0.2, 0) is 16.1 Å². The van der Waals surface area contributed by atoms with Gasteiger partial charge >= 0.3 is 11.8 Å². The van der Waals surface area contributed by atoms with Crippen molar-refractivity contribution >= 4 is 45.6 Å². The van der Waals surface area contributed by atoms with E-state index in [0.717, 1.165) is 15.6 Å². The van der Waals surface area contributed by atoms with Gasteiger partial charge in [-0.1, -0.05) is 51.8 Å². The molecule has 0 aromatic heterocycles. The maximum Gasteiger partial charge on any atom is 0.329 e. The molecule has 2 rings (SSSR count). The largest absolute Gasteiger partial charge is 0.344 e. The molecule has 0 saturated carbocycles. The Morgan fingerprint density at radius 2 is 1.87 bits per heavy atom. The van der Waals surface area contributed by atoms with E-state index < -0.39 is 11.8 Å². The molecule has 7 heteroatoms. The van der Waals surface area contributed by atoms with E-state index in [-0.39, 0.29) is 6.54 Å². The molecule has 2 N–H and O–H groups in total.